The first-order valence-corrected chi connectivity index (χ1v) is 11.6. The van der Waals surface area contributed by atoms with Crippen molar-refractivity contribution in [2.24, 2.45) is 5.73 Å². The summed E-state index contributed by atoms with van der Waals surface area (Å²) in [6.07, 6.45) is 2.27. The number of hydrogen-bond acceptors (Lipinski definition) is 7. The van der Waals surface area contributed by atoms with Crippen LogP contribution in [0, 0.1) is 6.92 Å². The highest BCUT2D eigenvalue weighted by Gasteiger charge is 2.34. The van der Waals surface area contributed by atoms with Crippen molar-refractivity contribution in [2.75, 3.05) is 16.3 Å². The fraction of sp³-hybridized carbons (Fsp3) is 0.458. The normalized spacial score (nSPS) is 18.0. The maximum absolute atomic E-state index is 13.5. The van der Waals surface area contributed by atoms with Crippen molar-refractivity contribution >= 4 is 17.5 Å². The third-order valence-corrected chi connectivity index (χ3v) is 6.65. The van der Waals surface area contributed by atoms with Crippen LogP contribution in [-0.2, 0) is 13.1 Å². The SMILES string of the molecule is Cc1nnc(-c2cccc(N3Cc4c(cc(N5CCC[C@@H]5C)nc4CN)C3=O)n2)n1C(C)C. The highest BCUT2D eigenvalue weighted by Crippen LogP contribution is 2.34. The van der Waals surface area contributed by atoms with Gasteiger partial charge in [0.15, 0.2) is 5.82 Å². The number of aryl methyl sites for hydroxylation is 1. The van der Waals surface area contributed by atoms with Gasteiger partial charge < -0.3 is 15.2 Å². The van der Waals surface area contributed by atoms with E-state index >= 15 is 0 Å². The molecule has 1 atom stereocenters. The molecule has 1 saturated heterocycles. The molecular formula is C24H30N8O. The summed E-state index contributed by atoms with van der Waals surface area (Å²) < 4.78 is 2.05. The standard InChI is InChI=1S/C24H30N8O/c1-14(2)32-16(4)28-29-23(32)19-8-5-9-21(26-19)31-13-18-17(24(31)33)11-22(27-20(18)12-25)30-10-6-7-15(30)3/h5,8-9,11,14-15H,6-7,10,12-13,25H2,1-4H3/t15-/m0/s1. The molecule has 0 spiro atoms. The lowest BCUT2D eigenvalue weighted by atomic mass is 10.1. The average molecular weight is 447 g/mol. The summed E-state index contributed by atoms with van der Waals surface area (Å²) in [4.78, 5) is 27.1. The topological polar surface area (TPSA) is 106 Å². The van der Waals surface area contributed by atoms with Gasteiger partial charge >= 0.3 is 0 Å². The van der Waals surface area contributed by atoms with Crippen molar-refractivity contribution in [2.45, 2.75) is 65.7 Å². The van der Waals surface area contributed by atoms with E-state index in [9.17, 15) is 4.79 Å². The zero-order valence-electron chi connectivity index (χ0n) is 19.6. The highest BCUT2D eigenvalue weighted by molar-refractivity contribution is 6.10. The van der Waals surface area contributed by atoms with Crippen molar-refractivity contribution in [1.82, 2.24) is 24.7 Å². The van der Waals surface area contributed by atoms with E-state index in [0.29, 0.717) is 42.0 Å². The number of aromatic nitrogens is 5. The number of rotatable bonds is 5. The lowest BCUT2D eigenvalue weighted by Crippen LogP contribution is -2.28. The van der Waals surface area contributed by atoms with E-state index in [4.69, 9.17) is 15.7 Å². The Hall–Kier alpha value is -3.33. The molecule has 2 aliphatic rings. The van der Waals surface area contributed by atoms with E-state index in [1.54, 1.807) is 4.90 Å². The molecule has 5 rings (SSSR count). The molecule has 2 aliphatic heterocycles. The summed E-state index contributed by atoms with van der Waals surface area (Å²) >= 11 is 0. The van der Waals surface area contributed by atoms with Gasteiger partial charge in [0.25, 0.3) is 5.91 Å². The molecule has 3 aromatic rings. The van der Waals surface area contributed by atoms with Crippen LogP contribution < -0.4 is 15.5 Å². The molecular weight excluding hydrogens is 416 g/mol. The number of hydrogen-bond donors (Lipinski definition) is 1. The Morgan fingerprint density at radius 3 is 2.70 bits per heavy atom. The Morgan fingerprint density at radius 2 is 2.00 bits per heavy atom. The largest absolute Gasteiger partial charge is 0.354 e. The minimum absolute atomic E-state index is 0.0682. The van der Waals surface area contributed by atoms with E-state index in [1.165, 1.54) is 0 Å². The lowest BCUT2D eigenvalue weighted by molar-refractivity contribution is 0.0996. The van der Waals surface area contributed by atoms with Crippen LogP contribution in [0.15, 0.2) is 24.3 Å². The van der Waals surface area contributed by atoms with Gasteiger partial charge in [-0.3, -0.25) is 9.69 Å². The molecule has 0 bridgehead atoms. The van der Waals surface area contributed by atoms with Gasteiger partial charge in [0.2, 0.25) is 0 Å². The number of amides is 1. The van der Waals surface area contributed by atoms with Gasteiger partial charge in [0.1, 0.15) is 23.2 Å². The average Bonchev–Trinajstić information content (AvgIpc) is 3.50. The molecule has 0 aliphatic carbocycles. The van der Waals surface area contributed by atoms with Crippen LogP contribution in [0.1, 0.15) is 67.1 Å². The molecule has 0 aromatic carbocycles. The van der Waals surface area contributed by atoms with Crippen LogP contribution >= 0.6 is 0 Å². The minimum atomic E-state index is -0.0682. The second-order valence-electron chi connectivity index (χ2n) is 9.15. The Bertz CT molecular complexity index is 1220. The van der Waals surface area contributed by atoms with Crippen LogP contribution in [0.2, 0.25) is 0 Å². The summed E-state index contributed by atoms with van der Waals surface area (Å²) in [6.45, 7) is 9.97. The molecule has 1 amide bonds. The van der Waals surface area contributed by atoms with Crippen LogP contribution in [0.3, 0.4) is 0 Å². The third-order valence-electron chi connectivity index (χ3n) is 6.65. The fourth-order valence-electron chi connectivity index (χ4n) is 4.99. The molecule has 9 nitrogen and oxygen atoms in total. The van der Waals surface area contributed by atoms with Crippen molar-refractivity contribution in [3.05, 3.63) is 46.9 Å². The summed E-state index contributed by atoms with van der Waals surface area (Å²) in [5.41, 5.74) is 9.10. The molecule has 33 heavy (non-hydrogen) atoms. The van der Waals surface area contributed by atoms with E-state index < -0.39 is 0 Å². The first kappa shape index (κ1) is 21.5. The zero-order chi connectivity index (χ0) is 23.3. The van der Waals surface area contributed by atoms with E-state index in [0.717, 1.165) is 42.3 Å². The summed E-state index contributed by atoms with van der Waals surface area (Å²) in [5.74, 6) is 2.89. The van der Waals surface area contributed by atoms with Crippen molar-refractivity contribution in [3.8, 4) is 11.5 Å². The number of carbonyl (C=O) groups excluding carboxylic acids is 1. The van der Waals surface area contributed by atoms with Crippen molar-refractivity contribution < 1.29 is 4.79 Å². The molecule has 0 radical (unpaired) electrons. The lowest BCUT2D eigenvalue weighted by Gasteiger charge is -2.23. The predicted molar refractivity (Wildman–Crippen MR) is 127 cm³/mol. The van der Waals surface area contributed by atoms with Crippen LogP contribution in [0.4, 0.5) is 11.6 Å². The van der Waals surface area contributed by atoms with Gasteiger partial charge in [-0.15, -0.1) is 10.2 Å². The third kappa shape index (κ3) is 3.56. The molecule has 9 heteroatoms. The molecule has 172 valence electrons. The minimum Gasteiger partial charge on any atom is -0.354 e. The van der Waals surface area contributed by atoms with Crippen LogP contribution in [0.5, 0.6) is 0 Å². The maximum atomic E-state index is 13.5. The Kier molecular flexibility index (Phi) is 5.36. The summed E-state index contributed by atoms with van der Waals surface area (Å²) in [6, 6.07) is 8.20. The van der Waals surface area contributed by atoms with Gasteiger partial charge in [-0.25, -0.2) is 9.97 Å². The zero-order valence-corrected chi connectivity index (χ0v) is 19.6. The van der Waals surface area contributed by atoms with Gasteiger partial charge in [0, 0.05) is 30.7 Å². The maximum Gasteiger partial charge on any atom is 0.260 e. The summed E-state index contributed by atoms with van der Waals surface area (Å²) in [7, 11) is 0. The van der Waals surface area contributed by atoms with Gasteiger partial charge in [-0.2, -0.15) is 0 Å². The fourth-order valence-corrected chi connectivity index (χ4v) is 4.99. The number of anilines is 2. The Labute approximate surface area is 193 Å². The molecule has 2 N–H and O–H groups in total. The smallest absolute Gasteiger partial charge is 0.260 e. The first-order valence-electron chi connectivity index (χ1n) is 11.6. The molecule has 3 aromatic heterocycles. The number of pyridine rings is 2. The number of nitrogens with two attached hydrogens (primary N) is 1. The first-order chi connectivity index (χ1) is 15.9. The Balaban J connectivity index is 1.51. The van der Waals surface area contributed by atoms with Gasteiger partial charge in [0.05, 0.1) is 17.8 Å². The highest BCUT2D eigenvalue weighted by atomic mass is 16.2. The number of carbonyl (C=O) groups is 1. The summed E-state index contributed by atoms with van der Waals surface area (Å²) in [5, 5.41) is 8.57. The second-order valence-corrected chi connectivity index (χ2v) is 9.15. The quantitative estimate of drug-likeness (QED) is 0.641. The molecule has 0 saturated carbocycles. The predicted octanol–water partition coefficient (Wildman–Crippen LogP) is 3.23. The Morgan fingerprint density at radius 1 is 1.18 bits per heavy atom. The van der Waals surface area contributed by atoms with Crippen molar-refractivity contribution in [1.29, 1.82) is 0 Å². The van der Waals surface area contributed by atoms with Gasteiger partial charge in [-0.05, 0) is 58.7 Å². The second kappa shape index (κ2) is 8.22. The van der Waals surface area contributed by atoms with Crippen LogP contribution in [0.25, 0.3) is 11.5 Å². The van der Waals surface area contributed by atoms with Crippen molar-refractivity contribution in [3.63, 3.8) is 0 Å². The molecule has 5 heterocycles. The molecule has 0 unspecified atom stereocenters. The molecule has 1 fully saturated rings. The monoisotopic (exact) mass is 446 g/mol. The van der Waals surface area contributed by atoms with E-state index in [2.05, 4.69) is 35.9 Å². The van der Waals surface area contributed by atoms with Crippen LogP contribution in [-0.4, -0.2) is 43.2 Å². The number of fused-ring (bicyclic) bond motifs is 1. The van der Waals surface area contributed by atoms with E-state index in [1.807, 2.05) is 35.8 Å². The number of nitrogens with zero attached hydrogens (tertiary/aromatic N) is 7. The van der Waals surface area contributed by atoms with E-state index in [-0.39, 0.29) is 11.9 Å². The van der Waals surface area contributed by atoms with Gasteiger partial charge in [-0.1, -0.05) is 6.07 Å².